The molecular formula is C29H22N2O2. The van der Waals surface area contributed by atoms with E-state index in [1.54, 1.807) is 12.3 Å². The third-order valence-electron chi connectivity index (χ3n) is 5.52. The lowest BCUT2D eigenvalue weighted by molar-refractivity contribution is 0.0955. The highest BCUT2D eigenvalue weighted by Crippen LogP contribution is 2.21. The molecule has 5 rings (SSSR count). The van der Waals surface area contributed by atoms with Gasteiger partial charge in [0.1, 0.15) is 12.4 Å². The van der Waals surface area contributed by atoms with E-state index in [9.17, 15) is 4.79 Å². The second kappa shape index (κ2) is 9.37. The second-order valence-electron chi connectivity index (χ2n) is 7.76. The summed E-state index contributed by atoms with van der Waals surface area (Å²) in [6.07, 6.45) is 1.61. The smallest absolute Gasteiger partial charge is 0.271 e. The number of ether oxygens (including phenoxy) is 1. The van der Waals surface area contributed by atoms with Crippen LogP contribution in [0.25, 0.3) is 21.5 Å². The number of carbonyl (C=O) groups is 1. The van der Waals surface area contributed by atoms with Crippen LogP contribution in [0.15, 0.2) is 114 Å². The first-order valence-electron chi connectivity index (χ1n) is 10.8. The van der Waals surface area contributed by atoms with E-state index in [-0.39, 0.29) is 5.91 Å². The summed E-state index contributed by atoms with van der Waals surface area (Å²) in [6, 6.07) is 35.7. The van der Waals surface area contributed by atoms with E-state index in [1.165, 1.54) is 10.8 Å². The molecule has 0 aliphatic heterocycles. The van der Waals surface area contributed by atoms with Crippen molar-refractivity contribution in [1.29, 1.82) is 0 Å². The Morgan fingerprint density at radius 1 is 0.758 bits per heavy atom. The maximum atomic E-state index is 12.5. The van der Waals surface area contributed by atoms with Crippen molar-refractivity contribution in [2.75, 3.05) is 0 Å². The molecule has 0 spiro atoms. The molecule has 0 bridgehead atoms. The van der Waals surface area contributed by atoms with Crippen molar-refractivity contribution >= 4 is 33.7 Å². The van der Waals surface area contributed by atoms with E-state index in [0.29, 0.717) is 12.2 Å². The summed E-state index contributed by atoms with van der Waals surface area (Å²) >= 11 is 0. The van der Waals surface area contributed by atoms with Crippen molar-refractivity contribution in [2.45, 2.75) is 6.61 Å². The van der Waals surface area contributed by atoms with Crippen molar-refractivity contribution in [3.8, 4) is 5.75 Å². The first-order valence-corrected chi connectivity index (χ1v) is 10.8. The summed E-state index contributed by atoms with van der Waals surface area (Å²) in [6.45, 7) is 0.473. The Kier molecular flexibility index (Phi) is 5.81. The molecule has 0 unspecified atom stereocenters. The number of hydrazone groups is 1. The standard InChI is InChI=1S/C29H22N2O2/c32-29(25-16-15-22-8-1-2-10-24(22)18-25)31-30-19-21-7-5-13-27(17-21)33-20-26-12-6-11-23-9-3-4-14-28(23)26/h1-19H,20H2,(H,31,32)/b30-19-. The first kappa shape index (κ1) is 20.5. The molecule has 0 aromatic heterocycles. The van der Waals surface area contributed by atoms with Crippen molar-refractivity contribution in [1.82, 2.24) is 5.43 Å². The lowest BCUT2D eigenvalue weighted by Gasteiger charge is -2.09. The fourth-order valence-electron chi connectivity index (χ4n) is 3.82. The second-order valence-corrected chi connectivity index (χ2v) is 7.76. The molecule has 33 heavy (non-hydrogen) atoms. The molecular weight excluding hydrogens is 408 g/mol. The molecule has 0 fully saturated rings. The molecule has 0 heterocycles. The van der Waals surface area contributed by atoms with Crippen LogP contribution in [-0.4, -0.2) is 12.1 Å². The topological polar surface area (TPSA) is 50.7 Å². The van der Waals surface area contributed by atoms with E-state index < -0.39 is 0 Å². The van der Waals surface area contributed by atoms with Crippen molar-refractivity contribution in [3.05, 3.63) is 126 Å². The number of benzene rings is 5. The highest BCUT2D eigenvalue weighted by Gasteiger charge is 2.05. The summed E-state index contributed by atoms with van der Waals surface area (Å²) in [7, 11) is 0. The van der Waals surface area contributed by atoms with Gasteiger partial charge in [-0.25, -0.2) is 5.43 Å². The normalized spacial score (nSPS) is 11.2. The summed E-state index contributed by atoms with van der Waals surface area (Å²) < 4.78 is 6.03. The minimum Gasteiger partial charge on any atom is -0.489 e. The lowest BCUT2D eigenvalue weighted by Crippen LogP contribution is -2.17. The molecule has 160 valence electrons. The number of nitrogens with zero attached hydrogens (tertiary/aromatic N) is 1. The molecule has 1 amide bonds. The predicted octanol–water partition coefficient (Wildman–Crippen LogP) is 6.34. The van der Waals surface area contributed by atoms with Gasteiger partial charge >= 0.3 is 0 Å². The molecule has 1 N–H and O–H groups in total. The minimum atomic E-state index is -0.250. The minimum absolute atomic E-state index is 0.250. The summed E-state index contributed by atoms with van der Waals surface area (Å²) in [5, 5.41) is 8.62. The van der Waals surface area contributed by atoms with Crippen LogP contribution in [0.1, 0.15) is 21.5 Å². The molecule has 4 heteroatoms. The number of hydrogen-bond acceptors (Lipinski definition) is 3. The number of rotatable bonds is 6. The predicted molar refractivity (Wildman–Crippen MR) is 134 cm³/mol. The molecule has 0 atom stereocenters. The van der Waals surface area contributed by atoms with Gasteiger partial charge in [-0.2, -0.15) is 5.10 Å². The van der Waals surface area contributed by atoms with Gasteiger partial charge < -0.3 is 4.74 Å². The van der Waals surface area contributed by atoms with Gasteiger partial charge in [0.2, 0.25) is 0 Å². The molecule has 0 aliphatic rings. The van der Waals surface area contributed by atoms with Crippen LogP contribution >= 0.6 is 0 Å². The van der Waals surface area contributed by atoms with Crippen molar-refractivity contribution < 1.29 is 9.53 Å². The summed E-state index contributed by atoms with van der Waals surface area (Å²) in [5.41, 5.74) is 5.14. The van der Waals surface area contributed by atoms with E-state index in [2.05, 4.69) is 34.8 Å². The van der Waals surface area contributed by atoms with Gasteiger partial charge in [0, 0.05) is 5.56 Å². The maximum absolute atomic E-state index is 12.5. The lowest BCUT2D eigenvalue weighted by atomic mass is 10.1. The van der Waals surface area contributed by atoms with Gasteiger partial charge in [-0.1, -0.05) is 84.9 Å². The Bertz CT molecular complexity index is 1470. The summed E-state index contributed by atoms with van der Waals surface area (Å²) in [5.74, 6) is 0.494. The van der Waals surface area contributed by atoms with Crippen LogP contribution in [0.5, 0.6) is 5.75 Å². The number of nitrogens with one attached hydrogen (secondary N) is 1. The largest absolute Gasteiger partial charge is 0.489 e. The van der Waals surface area contributed by atoms with Gasteiger partial charge in [0.25, 0.3) is 5.91 Å². The van der Waals surface area contributed by atoms with Crippen LogP contribution in [0.3, 0.4) is 0 Å². The Labute approximate surface area is 192 Å². The maximum Gasteiger partial charge on any atom is 0.271 e. The third kappa shape index (κ3) is 4.75. The third-order valence-corrected chi connectivity index (χ3v) is 5.52. The first-order chi connectivity index (χ1) is 16.3. The average Bonchev–Trinajstić information content (AvgIpc) is 2.87. The average molecular weight is 431 g/mol. The van der Waals surface area contributed by atoms with Crippen molar-refractivity contribution in [3.63, 3.8) is 0 Å². The molecule has 0 saturated heterocycles. The van der Waals surface area contributed by atoms with E-state index >= 15 is 0 Å². The number of carbonyl (C=O) groups excluding carboxylic acids is 1. The zero-order chi connectivity index (χ0) is 22.5. The molecule has 4 nitrogen and oxygen atoms in total. The molecule has 0 aliphatic carbocycles. The van der Waals surface area contributed by atoms with E-state index in [1.807, 2.05) is 78.9 Å². The van der Waals surface area contributed by atoms with Crippen LogP contribution in [0.2, 0.25) is 0 Å². The van der Waals surface area contributed by atoms with Gasteiger partial charge in [0.05, 0.1) is 6.21 Å². The highest BCUT2D eigenvalue weighted by atomic mass is 16.5. The van der Waals surface area contributed by atoms with Crippen molar-refractivity contribution in [2.24, 2.45) is 5.10 Å². The van der Waals surface area contributed by atoms with Crippen LogP contribution in [-0.2, 0) is 6.61 Å². The van der Waals surface area contributed by atoms with E-state index in [0.717, 1.165) is 27.6 Å². The van der Waals surface area contributed by atoms with Crippen LogP contribution in [0, 0.1) is 0 Å². The Hall–Kier alpha value is -4.44. The van der Waals surface area contributed by atoms with E-state index in [4.69, 9.17) is 4.74 Å². The quantitative estimate of drug-likeness (QED) is 0.253. The van der Waals surface area contributed by atoms with Gasteiger partial charge in [-0.3, -0.25) is 4.79 Å². The highest BCUT2D eigenvalue weighted by molar-refractivity contribution is 5.99. The number of amides is 1. The molecule has 0 radical (unpaired) electrons. The Balaban J connectivity index is 1.23. The number of fused-ring (bicyclic) bond motifs is 2. The summed E-state index contributed by atoms with van der Waals surface area (Å²) in [4.78, 5) is 12.5. The Morgan fingerprint density at radius 3 is 2.42 bits per heavy atom. The fourth-order valence-corrected chi connectivity index (χ4v) is 3.82. The molecule has 5 aromatic carbocycles. The fraction of sp³-hybridized carbons (Fsp3) is 0.0345. The van der Waals surface area contributed by atoms with Gasteiger partial charge in [0.15, 0.2) is 0 Å². The number of hydrogen-bond donors (Lipinski definition) is 1. The monoisotopic (exact) mass is 430 g/mol. The van der Waals surface area contributed by atoms with Gasteiger partial charge in [-0.15, -0.1) is 0 Å². The van der Waals surface area contributed by atoms with Crippen LogP contribution < -0.4 is 10.2 Å². The zero-order valence-electron chi connectivity index (χ0n) is 17.9. The Morgan fingerprint density at radius 2 is 1.52 bits per heavy atom. The van der Waals surface area contributed by atoms with Gasteiger partial charge in [-0.05, 0) is 56.9 Å². The molecule has 0 saturated carbocycles. The SMILES string of the molecule is O=C(N/N=C\c1cccc(OCc2cccc3ccccc23)c1)c1ccc2ccccc2c1. The zero-order valence-corrected chi connectivity index (χ0v) is 17.9. The van der Waals surface area contributed by atoms with Crippen LogP contribution in [0.4, 0.5) is 0 Å². The molecule has 5 aromatic rings.